The van der Waals surface area contributed by atoms with Gasteiger partial charge in [-0.25, -0.2) is 4.98 Å². The lowest BCUT2D eigenvalue weighted by Gasteiger charge is -2.07. The van der Waals surface area contributed by atoms with Crippen molar-refractivity contribution in [2.24, 2.45) is 0 Å². The summed E-state index contributed by atoms with van der Waals surface area (Å²) in [6, 6.07) is 4.55. The van der Waals surface area contributed by atoms with Crippen LogP contribution in [0.3, 0.4) is 0 Å². The SMILES string of the molecule is CCNc1cc([N+](=O)[O-])cc(-c2cncc(OC)c2)n1. The number of hydrogen-bond donors (Lipinski definition) is 1. The fourth-order valence-electron chi connectivity index (χ4n) is 1.71. The van der Waals surface area contributed by atoms with E-state index in [0.717, 1.165) is 0 Å². The lowest BCUT2D eigenvalue weighted by atomic mass is 10.1. The molecule has 2 rings (SSSR count). The molecule has 0 aliphatic heterocycles. The number of rotatable bonds is 5. The van der Waals surface area contributed by atoms with Crippen LogP contribution in [0, 0.1) is 10.1 Å². The summed E-state index contributed by atoms with van der Waals surface area (Å²) in [4.78, 5) is 18.9. The van der Waals surface area contributed by atoms with E-state index in [1.54, 1.807) is 18.5 Å². The van der Waals surface area contributed by atoms with Gasteiger partial charge < -0.3 is 10.1 Å². The van der Waals surface area contributed by atoms with Crippen molar-refractivity contribution in [3.63, 3.8) is 0 Å². The average Bonchev–Trinajstić information content (AvgIpc) is 2.47. The molecule has 0 aromatic carbocycles. The molecule has 7 heteroatoms. The third-order valence-electron chi connectivity index (χ3n) is 2.62. The van der Waals surface area contributed by atoms with Gasteiger partial charge in [-0.05, 0) is 13.0 Å². The second-order valence-corrected chi connectivity index (χ2v) is 4.00. The predicted octanol–water partition coefficient (Wildman–Crippen LogP) is 2.49. The van der Waals surface area contributed by atoms with Crippen molar-refractivity contribution in [2.45, 2.75) is 6.92 Å². The van der Waals surface area contributed by atoms with E-state index < -0.39 is 4.92 Å². The molecule has 2 aromatic rings. The zero-order valence-electron chi connectivity index (χ0n) is 11.2. The Kier molecular flexibility index (Phi) is 4.09. The summed E-state index contributed by atoms with van der Waals surface area (Å²) in [5.41, 5.74) is 1.11. The van der Waals surface area contributed by atoms with Crippen LogP contribution in [0.15, 0.2) is 30.6 Å². The van der Waals surface area contributed by atoms with Gasteiger partial charge in [0.05, 0.1) is 30.0 Å². The van der Waals surface area contributed by atoms with Crippen LogP contribution in [0.25, 0.3) is 11.3 Å². The largest absolute Gasteiger partial charge is 0.495 e. The number of pyridine rings is 2. The van der Waals surface area contributed by atoms with Crippen molar-refractivity contribution in [2.75, 3.05) is 19.0 Å². The minimum atomic E-state index is -0.445. The van der Waals surface area contributed by atoms with E-state index in [4.69, 9.17) is 4.74 Å². The third kappa shape index (κ3) is 3.00. The lowest BCUT2D eigenvalue weighted by molar-refractivity contribution is -0.384. The molecule has 0 aliphatic carbocycles. The second-order valence-electron chi connectivity index (χ2n) is 4.00. The van der Waals surface area contributed by atoms with Crippen molar-refractivity contribution < 1.29 is 9.66 Å². The maximum atomic E-state index is 11.0. The maximum absolute atomic E-state index is 11.0. The molecule has 2 heterocycles. The molecule has 0 aliphatic rings. The molecule has 1 N–H and O–H groups in total. The van der Waals surface area contributed by atoms with Gasteiger partial charge in [-0.3, -0.25) is 15.1 Å². The highest BCUT2D eigenvalue weighted by molar-refractivity contribution is 5.65. The number of nitrogens with zero attached hydrogens (tertiary/aromatic N) is 3. The van der Waals surface area contributed by atoms with E-state index in [9.17, 15) is 10.1 Å². The minimum Gasteiger partial charge on any atom is -0.495 e. The van der Waals surface area contributed by atoms with Gasteiger partial charge in [0.15, 0.2) is 0 Å². The molecule has 7 nitrogen and oxygen atoms in total. The molecule has 0 saturated heterocycles. The van der Waals surface area contributed by atoms with Gasteiger partial charge in [-0.15, -0.1) is 0 Å². The summed E-state index contributed by atoms with van der Waals surface area (Å²) < 4.78 is 5.09. The first-order chi connectivity index (χ1) is 9.63. The topological polar surface area (TPSA) is 90.2 Å². The third-order valence-corrected chi connectivity index (χ3v) is 2.62. The summed E-state index contributed by atoms with van der Waals surface area (Å²) >= 11 is 0. The van der Waals surface area contributed by atoms with Gasteiger partial charge in [0.25, 0.3) is 5.69 Å². The van der Waals surface area contributed by atoms with Crippen LogP contribution in [-0.4, -0.2) is 28.5 Å². The Balaban J connectivity index is 2.51. The van der Waals surface area contributed by atoms with Crippen LogP contribution in [0.5, 0.6) is 5.75 Å². The van der Waals surface area contributed by atoms with Gasteiger partial charge in [-0.2, -0.15) is 0 Å². The Morgan fingerprint density at radius 1 is 1.35 bits per heavy atom. The highest BCUT2D eigenvalue weighted by atomic mass is 16.6. The fourth-order valence-corrected chi connectivity index (χ4v) is 1.71. The highest BCUT2D eigenvalue weighted by Gasteiger charge is 2.13. The van der Waals surface area contributed by atoms with E-state index >= 15 is 0 Å². The average molecular weight is 274 g/mol. The summed E-state index contributed by atoms with van der Waals surface area (Å²) in [6.07, 6.45) is 3.15. The number of aromatic nitrogens is 2. The number of nitrogens with one attached hydrogen (secondary N) is 1. The van der Waals surface area contributed by atoms with E-state index in [1.165, 1.54) is 19.2 Å². The maximum Gasteiger partial charge on any atom is 0.275 e. The zero-order chi connectivity index (χ0) is 14.5. The normalized spacial score (nSPS) is 10.1. The number of anilines is 1. The zero-order valence-corrected chi connectivity index (χ0v) is 11.2. The molecule has 0 bridgehead atoms. The molecule has 0 amide bonds. The smallest absolute Gasteiger partial charge is 0.275 e. The Bertz CT molecular complexity index is 631. The summed E-state index contributed by atoms with van der Waals surface area (Å²) in [6.45, 7) is 2.53. The van der Waals surface area contributed by atoms with Gasteiger partial charge in [0, 0.05) is 24.4 Å². The first-order valence-corrected chi connectivity index (χ1v) is 6.03. The predicted molar refractivity (Wildman–Crippen MR) is 74.8 cm³/mol. The molecule has 2 aromatic heterocycles. The van der Waals surface area contributed by atoms with Crippen LogP contribution >= 0.6 is 0 Å². The van der Waals surface area contributed by atoms with Gasteiger partial charge >= 0.3 is 0 Å². The monoisotopic (exact) mass is 274 g/mol. The Morgan fingerprint density at radius 3 is 2.80 bits per heavy atom. The molecule has 0 saturated carbocycles. The van der Waals surface area contributed by atoms with E-state index in [0.29, 0.717) is 29.4 Å². The van der Waals surface area contributed by atoms with Gasteiger partial charge in [-0.1, -0.05) is 0 Å². The Morgan fingerprint density at radius 2 is 2.15 bits per heavy atom. The number of ether oxygens (including phenoxy) is 1. The number of hydrogen-bond acceptors (Lipinski definition) is 6. The quantitative estimate of drug-likeness (QED) is 0.665. The Labute approximate surface area is 115 Å². The van der Waals surface area contributed by atoms with Crippen molar-refractivity contribution in [3.8, 4) is 17.0 Å². The first kappa shape index (κ1) is 13.7. The van der Waals surface area contributed by atoms with Crippen molar-refractivity contribution >= 4 is 11.5 Å². The molecule has 20 heavy (non-hydrogen) atoms. The van der Waals surface area contributed by atoms with Crippen LogP contribution in [-0.2, 0) is 0 Å². The fraction of sp³-hybridized carbons (Fsp3) is 0.231. The summed E-state index contributed by atoms with van der Waals surface area (Å²) in [5.74, 6) is 1.03. The molecule has 104 valence electrons. The molecular weight excluding hydrogens is 260 g/mol. The Hall–Kier alpha value is -2.70. The summed E-state index contributed by atoms with van der Waals surface area (Å²) in [5, 5.41) is 13.9. The molecule has 0 radical (unpaired) electrons. The van der Waals surface area contributed by atoms with Crippen LogP contribution in [0.1, 0.15) is 6.92 Å². The lowest BCUT2D eigenvalue weighted by Crippen LogP contribution is -2.02. The second kappa shape index (κ2) is 5.96. The standard InChI is InChI=1S/C13H14N4O3/c1-3-15-13-6-10(17(18)19)5-12(16-13)9-4-11(20-2)8-14-7-9/h4-8H,3H2,1-2H3,(H,15,16). The van der Waals surface area contributed by atoms with E-state index in [-0.39, 0.29) is 5.69 Å². The van der Waals surface area contributed by atoms with Crippen molar-refractivity contribution in [1.29, 1.82) is 0 Å². The molecule has 0 spiro atoms. The molecule has 0 unspecified atom stereocenters. The molecular formula is C13H14N4O3. The van der Waals surface area contributed by atoms with Crippen LogP contribution in [0.4, 0.5) is 11.5 Å². The van der Waals surface area contributed by atoms with Crippen molar-refractivity contribution in [1.82, 2.24) is 9.97 Å². The molecule has 0 atom stereocenters. The number of methoxy groups -OCH3 is 1. The van der Waals surface area contributed by atoms with E-state index in [1.807, 2.05) is 6.92 Å². The van der Waals surface area contributed by atoms with Crippen LogP contribution in [0.2, 0.25) is 0 Å². The first-order valence-electron chi connectivity index (χ1n) is 6.03. The van der Waals surface area contributed by atoms with Crippen LogP contribution < -0.4 is 10.1 Å². The van der Waals surface area contributed by atoms with E-state index in [2.05, 4.69) is 15.3 Å². The highest BCUT2D eigenvalue weighted by Crippen LogP contribution is 2.26. The van der Waals surface area contributed by atoms with Crippen molar-refractivity contribution in [3.05, 3.63) is 40.7 Å². The number of nitro groups is 1. The van der Waals surface area contributed by atoms with Gasteiger partial charge in [0.2, 0.25) is 0 Å². The molecule has 0 fully saturated rings. The van der Waals surface area contributed by atoms with Gasteiger partial charge in [0.1, 0.15) is 11.6 Å². The minimum absolute atomic E-state index is 0.0197. The summed E-state index contributed by atoms with van der Waals surface area (Å²) in [7, 11) is 1.53.